The molecule has 118 valence electrons. The van der Waals surface area contributed by atoms with Crippen molar-refractivity contribution in [3.05, 3.63) is 76.3 Å². The fourth-order valence-electron chi connectivity index (χ4n) is 3.08. The number of hydrogen-bond donors (Lipinski definition) is 2. The van der Waals surface area contributed by atoms with Crippen LogP contribution in [-0.2, 0) is 0 Å². The number of benzene rings is 1. The zero-order chi connectivity index (χ0) is 16.7. The van der Waals surface area contributed by atoms with Crippen molar-refractivity contribution in [1.29, 1.82) is 0 Å². The second-order valence-electron chi connectivity index (χ2n) is 6.00. The van der Waals surface area contributed by atoms with Crippen LogP contribution in [0.5, 0.6) is 0 Å². The second kappa shape index (κ2) is 5.49. The largest absolute Gasteiger partial charge is 0.346 e. The number of nitrogens with one attached hydrogen (secondary N) is 2. The Morgan fingerprint density at radius 2 is 1.88 bits per heavy atom. The number of pyridine rings is 2. The number of rotatable bonds is 2. The van der Waals surface area contributed by atoms with E-state index in [2.05, 4.69) is 34.9 Å². The summed E-state index contributed by atoms with van der Waals surface area (Å²) in [4.78, 5) is 22.7. The molecule has 3 heterocycles. The molecule has 4 aromatic rings. The van der Waals surface area contributed by atoms with Gasteiger partial charge in [0.05, 0.1) is 0 Å². The molecule has 0 bridgehead atoms. The SMILES string of the molecule is Cc1cccc(-c2cc(-c3c[nH]c4ncccc34)cc(=O)[nH]2)c1C. The van der Waals surface area contributed by atoms with Crippen LogP contribution in [-0.4, -0.2) is 15.0 Å². The standard InChI is InChI=1S/C20H17N3O/c1-12-5-3-6-15(13(12)2)18-9-14(10-19(24)23-18)17-11-22-20-16(17)7-4-8-21-20/h3-11H,1-2H3,(H,21,22)(H,23,24). The summed E-state index contributed by atoms with van der Waals surface area (Å²) in [6.07, 6.45) is 3.65. The molecule has 4 rings (SSSR count). The first-order valence-corrected chi connectivity index (χ1v) is 7.87. The molecule has 24 heavy (non-hydrogen) atoms. The molecule has 0 unspecified atom stereocenters. The third-order valence-electron chi connectivity index (χ3n) is 4.50. The van der Waals surface area contributed by atoms with Crippen LogP contribution in [0, 0.1) is 13.8 Å². The Morgan fingerprint density at radius 1 is 1.00 bits per heavy atom. The van der Waals surface area contributed by atoms with Gasteiger partial charge in [0.15, 0.2) is 0 Å². The predicted molar refractivity (Wildman–Crippen MR) is 97.1 cm³/mol. The molecule has 0 fully saturated rings. The molecule has 0 saturated carbocycles. The lowest BCUT2D eigenvalue weighted by molar-refractivity contribution is 1.22. The number of aryl methyl sites for hydroxylation is 1. The van der Waals surface area contributed by atoms with Gasteiger partial charge in [-0.2, -0.15) is 0 Å². The van der Waals surface area contributed by atoms with Gasteiger partial charge in [0.25, 0.3) is 0 Å². The van der Waals surface area contributed by atoms with Crippen LogP contribution >= 0.6 is 0 Å². The third-order valence-corrected chi connectivity index (χ3v) is 4.50. The maximum absolute atomic E-state index is 12.2. The average Bonchev–Trinajstić information content (AvgIpc) is 3.01. The van der Waals surface area contributed by atoms with Crippen molar-refractivity contribution >= 4 is 11.0 Å². The van der Waals surface area contributed by atoms with E-state index < -0.39 is 0 Å². The van der Waals surface area contributed by atoms with Crippen molar-refractivity contribution in [3.63, 3.8) is 0 Å². The summed E-state index contributed by atoms with van der Waals surface area (Å²) in [6, 6.07) is 13.7. The fraction of sp³-hybridized carbons (Fsp3) is 0.100. The summed E-state index contributed by atoms with van der Waals surface area (Å²) in [5.41, 5.74) is 6.83. The van der Waals surface area contributed by atoms with Gasteiger partial charge in [0.2, 0.25) is 5.56 Å². The highest BCUT2D eigenvalue weighted by atomic mass is 16.1. The van der Waals surface area contributed by atoms with Gasteiger partial charge in [-0.05, 0) is 48.7 Å². The maximum Gasteiger partial charge on any atom is 0.249 e. The van der Waals surface area contributed by atoms with Crippen LogP contribution < -0.4 is 5.56 Å². The topological polar surface area (TPSA) is 61.5 Å². The van der Waals surface area contributed by atoms with Crippen LogP contribution in [0.25, 0.3) is 33.4 Å². The fourth-order valence-corrected chi connectivity index (χ4v) is 3.08. The highest BCUT2D eigenvalue weighted by molar-refractivity contribution is 5.94. The Labute approximate surface area is 139 Å². The van der Waals surface area contributed by atoms with E-state index in [1.807, 2.05) is 36.5 Å². The van der Waals surface area contributed by atoms with Gasteiger partial charge in [0, 0.05) is 40.7 Å². The van der Waals surface area contributed by atoms with Gasteiger partial charge in [-0.15, -0.1) is 0 Å². The van der Waals surface area contributed by atoms with Crippen molar-refractivity contribution < 1.29 is 0 Å². The summed E-state index contributed by atoms with van der Waals surface area (Å²) in [5.74, 6) is 0. The van der Waals surface area contributed by atoms with Crippen LogP contribution in [0.1, 0.15) is 11.1 Å². The van der Waals surface area contributed by atoms with Crippen LogP contribution in [0.4, 0.5) is 0 Å². The first-order chi connectivity index (χ1) is 11.6. The van der Waals surface area contributed by atoms with Crippen LogP contribution in [0.15, 0.2) is 59.7 Å². The third kappa shape index (κ3) is 2.33. The average molecular weight is 315 g/mol. The van der Waals surface area contributed by atoms with Crippen LogP contribution in [0.2, 0.25) is 0 Å². The lowest BCUT2D eigenvalue weighted by Crippen LogP contribution is -2.06. The van der Waals surface area contributed by atoms with Gasteiger partial charge in [0.1, 0.15) is 5.65 Å². The smallest absolute Gasteiger partial charge is 0.249 e. The molecule has 0 aliphatic rings. The van der Waals surface area contributed by atoms with E-state index in [0.717, 1.165) is 33.4 Å². The Kier molecular flexibility index (Phi) is 3.31. The molecule has 3 aromatic heterocycles. The molecule has 4 heteroatoms. The lowest BCUT2D eigenvalue weighted by Gasteiger charge is -2.10. The summed E-state index contributed by atoms with van der Waals surface area (Å²) in [5, 5.41) is 1.01. The monoisotopic (exact) mass is 315 g/mol. The van der Waals surface area contributed by atoms with Gasteiger partial charge < -0.3 is 9.97 Å². The van der Waals surface area contributed by atoms with Crippen molar-refractivity contribution in [2.45, 2.75) is 13.8 Å². The molecule has 0 spiro atoms. The molecule has 0 radical (unpaired) electrons. The summed E-state index contributed by atoms with van der Waals surface area (Å²) < 4.78 is 0. The van der Waals surface area contributed by atoms with E-state index in [9.17, 15) is 4.79 Å². The molecule has 0 aliphatic heterocycles. The van der Waals surface area contributed by atoms with Crippen molar-refractivity contribution in [2.75, 3.05) is 0 Å². The minimum Gasteiger partial charge on any atom is -0.346 e. The first kappa shape index (κ1) is 14.5. The number of hydrogen-bond acceptors (Lipinski definition) is 2. The van der Waals surface area contributed by atoms with Crippen molar-refractivity contribution in [3.8, 4) is 22.4 Å². The minimum atomic E-state index is -0.110. The van der Waals surface area contributed by atoms with Gasteiger partial charge in [-0.25, -0.2) is 4.98 Å². The molecule has 0 atom stereocenters. The zero-order valence-electron chi connectivity index (χ0n) is 13.6. The number of aromatic amines is 2. The zero-order valence-corrected chi connectivity index (χ0v) is 13.6. The minimum absolute atomic E-state index is 0.110. The number of H-pyrrole nitrogens is 2. The number of nitrogens with zero attached hydrogens (tertiary/aromatic N) is 1. The maximum atomic E-state index is 12.2. The summed E-state index contributed by atoms with van der Waals surface area (Å²) >= 11 is 0. The van der Waals surface area contributed by atoms with Gasteiger partial charge >= 0.3 is 0 Å². The molecular formula is C20H17N3O. The molecule has 0 amide bonds. The summed E-state index contributed by atoms with van der Waals surface area (Å²) in [7, 11) is 0. The molecule has 0 aliphatic carbocycles. The molecule has 0 saturated heterocycles. The molecule has 2 N–H and O–H groups in total. The lowest BCUT2D eigenvalue weighted by atomic mass is 9.98. The predicted octanol–water partition coefficient (Wildman–Crippen LogP) is 4.20. The Hall–Kier alpha value is -3.14. The molecular weight excluding hydrogens is 298 g/mol. The van der Waals surface area contributed by atoms with E-state index in [1.54, 1.807) is 12.3 Å². The van der Waals surface area contributed by atoms with E-state index in [1.165, 1.54) is 11.1 Å². The molecule has 4 nitrogen and oxygen atoms in total. The normalized spacial score (nSPS) is 11.1. The first-order valence-electron chi connectivity index (χ1n) is 7.87. The second-order valence-corrected chi connectivity index (χ2v) is 6.00. The Morgan fingerprint density at radius 3 is 2.75 bits per heavy atom. The van der Waals surface area contributed by atoms with Crippen LogP contribution in [0.3, 0.4) is 0 Å². The highest BCUT2D eigenvalue weighted by Gasteiger charge is 2.11. The highest BCUT2D eigenvalue weighted by Crippen LogP contribution is 2.30. The van der Waals surface area contributed by atoms with E-state index in [4.69, 9.17) is 0 Å². The number of fused-ring (bicyclic) bond motifs is 1. The van der Waals surface area contributed by atoms with Gasteiger partial charge in [-0.1, -0.05) is 18.2 Å². The Balaban J connectivity index is 1.94. The van der Waals surface area contributed by atoms with E-state index >= 15 is 0 Å². The van der Waals surface area contributed by atoms with Crippen molar-refractivity contribution in [1.82, 2.24) is 15.0 Å². The van der Waals surface area contributed by atoms with E-state index in [-0.39, 0.29) is 5.56 Å². The number of aromatic nitrogens is 3. The Bertz CT molecular complexity index is 1110. The van der Waals surface area contributed by atoms with Crippen molar-refractivity contribution in [2.24, 2.45) is 0 Å². The quantitative estimate of drug-likeness (QED) is 0.582. The van der Waals surface area contributed by atoms with E-state index in [0.29, 0.717) is 0 Å². The van der Waals surface area contributed by atoms with Gasteiger partial charge in [-0.3, -0.25) is 4.79 Å². The summed E-state index contributed by atoms with van der Waals surface area (Å²) in [6.45, 7) is 4.15. The molecule has 1 aromatic carbocycles.